The van der Waals surface area contributed by atoms with E-state index in [-0.39, 0.29) is 19.3 Å². The van der Waals surface area contributed by atoms with Gasteiger partial charge in [-0.15, -0.1) is 0 Å². The summed E-state index contributed by atoms with van der Waals surface area (Å²) in [5, 5.41) is 15.7. The molecule has 1 rings (SSSR count). The summed E-state index contributed by atoms with van der Waals surface area (Å²) in [5.41, 5.74) is 11.3. The van der Waals surface area contributed by atoms with E-state index >= 15 is 0 Å². The molecule has 0 fully saturated rings. The second kappa shape index (κ2) is 11.3. The van der Waals surface area contributed by atoms with E-state index in [4.69, 9.17) is 16.6 Å². The molecule has 4 amide bonds. The fraction of sp³-hybridized carbons (Fsp3) is 0.467. The molecule has 2 atom stereocenters. The molecule has 0 saturated heterocycles. The zero-order valence-electron chi connectivity index (χ0n) is 14.9. The van der Waals surface area contributed by atoms with E-state index in [1.807, 2.05) is 0 Å². The van der Waals surface area contributed by atoms with Gasteiger partial charge in [0.05, 0.1) is 25.5 Å². The van der Waals surface area contributed by atoms with Crippen LogP contribution in [0.3, 0.4) is 0 Å². The van der Waals surface area contributed by atoms with E-state index < -0.39 is 54.8 Å². The number of nitrogens with two attached hydrogens (primary N) is 2. The van der Waals surface area contributed by atoms with Crippen molar-refractivity contribution in [2.24, 2.45) is 11.5 Å². The summed E-state index contributed by atoms with van der Waals surface area (Å²) in [5.74, 6) is -4.03. The summed E-state index contributed by atoms with van der Waals surface area (Å²) in [6, 6.07) is -2.20. The van der Waals surface area contributed by atoms with Crippen LogP contribution >= 0.6 is 0 Å². The average molecular weight is 397 g/mol. The Hall–Kier alpha value is -3.48. The number of aromatic amines is 1. The summed E-state index contributed by atoms with van der Waals surface area (Å²) in [6.45, 7) is -0.915. The number of rotatable bonds is 12. The quantitative estimate of drug-likeness (QED) is 0.186. The number of H-pyrrole nitrogens is 1. The Kier molecular flexibility index (Phi) is 9.09. The second-order valence-corrected chi connectivity index (χ2v) is 5.85. The van der Waals surface area contributed by atoms with E-state index in [0.717, 1.165) is 0 Å². The van der Waals surface area contributed by atoms with Crippen LogP contribution in [0.2, 0.25) is 0 Å². The lowest BCUT2D eigenvalue weighted by molar-refractivity contribution is -0.142. The van der Waals surface area contributed by atoms with Crippen LogP contribution in [-0.4, -0.2) is 69.8 Å². The highest BCUT2D eigenvalue weighted by Gasteiger charge is 2.21. The van der Waals surface area contributed by atoms with Crippen molar-refractivity contribution in [1.29, 1.82) is 0 Å². The van der Waals surface area contributed by atoms with Gasteiger partial charge in [-0.05, 0) is 6.42 Å². The van der Waals surface area contributed by atoms with Crippen LogP contribution < -0.4 is 27.4 Å². The average Bonchev–Trinajstić information content (AvgIpc) is 3.13. The fourth-order valence-electron chi connectivity index (χ4n) is 2.06. The van der Waals surface area contributed by atoms with Gasteiger partial charge in [-0.3, -0.25) is 19.2 Å². The number of carboxylic acids is 1. The van der Waals surface area contributed by atoms with Gasteiger partial charge in [0, 0.05) is 24.7 Å². The maximum atomic E-state index is 11.8. The standard InChI is InChI=1S/C15H23N7O6/c16-9(3-8-4-18-7-21-8)14(26)20-5-12(24)19-6-13(25)22-10(15(27)28)1-2-11(17)23/h4,7,9-10H,1-3,5-6,16H2,(H2,17,23)(H,18,21)(H,19,24)(H,20,26)(H,22,25)(H,27,28). The molecule has 0 aliphatic rings. The Morgan fingerprint density at radius 3 is 2.39 bits per heavy atom. The highest BCUT2D eigenvalue weighted by atomic mass is 16.4. The highest BCUT2D eigenvalue weighted by Crippen LogP contribution is 1.97. The van der Waals surface area contributed by atoms with Crippen molar-refractivity contribution in [3.05, 3.63) is 18.2 Å². The van der Waals surface area contributed by atoms with Crippen LogP contribution in [0.25, 0.3) is 0 Å². The highest BCUT2D eigenvalue weighted by molar-refractivity contribution is 5.90. The van der Waals surface area contributed by atoms with Crippen LogP contribution in [0.5, 0.6) is 0 Å². The first-order valence-corrected chi connectivity index (χ1v) is 8.26. The van der Waals surface area contributed by atoms with E-state index in [1.54, 1.807) is 0 Å². The minimum absolute atomic E-state index is 0.172. The van der Waals surface area contributed by atoms with Crippen molar-refractivity contribution in [3.8, 4) is 0 Å². The smallest absolute Gasteiger partial charge is 0.326 e. The molecule has 0 aromatic carbocycles. The number of carbonyl (C=O) groups is 5. The molecule has 13 heteroatoms. The summed E-state index contributed by atoms with van der Waals surface area (Å²) < 4.78 is 0. The molecule has 154 valence electrons. The number of amides is 4. The lowest BCUT2D eigenvalue weighted by Crippen LogP contribution is -2.49. The van der Waals surface area contributed by atoms with Crippen molar-refractivity contribution in [3.63, 3.8) is 0 Å². The predicted molar refractivity (Wildman–Crippen MR) is 94.3 cm³/mol. The third-order valence-electron chi connectivity index (χ3n) is 3.51. The maximum absolute atomic E-state index is 11.8. The van der Waals surface area contributed by atoms with E-state index in [9.17, 15) is 24.0 Å². The van der Waals surface area contributed by atoms with Crippen LogP contribution in [-0.2, 0) is 30.4 Å². The molecule has 1 heterocycles. The van der Waals surface area contributed by atoms with Gasteiger partial charge in [-0.25, -0.2) is 9.78 Å². The van der Waals surface area contributed by atoms with Gasteiger partial charge in [-0.2, -0.15) is 0 Å². The number of nitrogens with zero attached hydrogens (tertiary/aromatic N) is 1. The number of carboxylic acid groups (broad SMARTS) is 1. The lowest BCUT2D eigenvalue weighted by atomic mass is 10.1. The van der Waals surface area contributed by atoms with Crippen LogP contribution in [0.15, 0.2) is 12.5 Å². The summed E-state index contributed by atoms with van der Waals surface area (Å²) in [6.07, 6.45) is 2.79. The first kappa shape index (κ1) is 22.6. The number of nitrogens with one attached hydrogen (secondary N) is 4. The SMILES string of the molecule is NC(=O)CCC(NC(=O)CNC(=O)CNC(=O)C(N)Cc1cnc[nH]1)C(=O)O. The minimum Gasteiger partial charge on any atom is -0.480 e. The number of aromatic nitrogens is 2. The van der Waals surface area contributed by atoms with E-state index in [1.165, 1.54) is 12.5 Å². The molecule has 1 aromatic rings. The van der Waals surface area contributed by atoms with Crippen molar-refractivity contribution >= 4 is 29.6 Å². The van der Waals surface area contributed by atoms with E-state index in [2.05, 4.69) is 25.9 Å². The number of imidazole rings is 1. The van der Waals surface area contributed by atoms with Gasteiger partial charge in [0.15, 0.2) is 0 Å². The molecule has 0 radical (unpaired) electrons. The fourth-order valence-corrected chi connectivity index (χ4v) is 2.06. The summed E-state index contributed by atoms with van der Waals surface area (Å²) in [7, 11) is 0. The molecule has 2 unspecified atom stereocenters. The van der Waals surface area contributed by atoms with Gasteiger partial charge in [0.25, 0.3) is 0 Å². The van der Waals surface area contributed by atoms with Crippen LogP contribution in [0.4, 0.5) is 0 Å². The van der Waals surface area contributed by atoms with Gasteiger partial charge in [-0.1, -0.05) is 0 Å². The third kappa shape index (κ3) is 8.75. The third-order valence-corrected chi connectivity index (χ3v) is 3.51. The molecule has 0 aliphatic carbocycles. The monoisotopic (exact) mass is 397 g/mol. The maximum Gasteiger partial charge on any atom is 0.326 e. The van der Waals surface area contributed by atoms with Crippen molar-refractivity contribution in [2.75, 3.05) is 13.1 Å². The largest absolute Gasteiger partial charge is 0.480 e. The molecule has 0 saturated carbocycles. The topological polar surface area (TPSA) is 222 Å². The molecule has 0 spiro atoms. The molecule has 28 heavy (non-hydrogen) atoms. The van der Waals surface area contributed by atoms with E-state index in [0.29, 0.717) is 5.69 Å². The zero-order chi connectivity index (χ0) is 21.1. The van der Waals surface area contributed by atoms with Gasteiger partial charge in [0.2, 0.25) is 23.6 Å². The molecular weight excluding hydrogens is 374 g/mol. The van der Waals surface area contributed by atoms with Crippen molar-refractivity contribution < 1.29 is 29.1 Å². The van der Waals surface area contributed by atoms with Crippen LogP contribution in [0, 0.1) is 0 Å². The number of carbonyl (C=O) groups excluding carboxylic acids is 4. The van der Waals surface area contributed by atoms with Gasteiger partial charge < -0.3 is 37.5 Å². The number of primary amides is 1. The minimum atomic E-state index is -1.33. The molecule has 1 aromatic heterocycles. The molecular formula is C15H23N7O6. The summed E-state index contributed by atoms with van der Waals surface area (Å²) >= 11 is 0. The molecule has 9 N–H and O–H groups in total. The molecule has 13 nitrogen and oxygen atoms in total. The number of aliphatic carboxylic acids is 1. The first-order valence-electron chi connectivity index (χ1n) is 8.26. The first-order chi connectivity index (χ1) is 13.2. The normalized spacial score (nSPS) is 12.5. The van der Waals surface area contributed by atoms with Crippen molar-refractivity contribution in [2.45, 2.75) is 31.3 Å². The van der Waals surface area contributed by atoms with Gasteiger partial charge >= 0.3 is 5.97 Å². The number of hydrogen-bond acceptors (Lipinski definition) is 7. The lowest BCUT2D eigenvalue weighted by Gasteiger charge is -2.14. The Balaban J connectivity index is 2.30. The molecule has 0 bridgehead atoms. The zero-order valence-corrected chi connectivity index (χ0v) is 14.9. The number of hydrogen-bond donors (Lipinski definition) is 7. The Morgan fingerprint density at radius 2 is 1.82 bits per heavy atom. The summed E-state index contributed by atoms with van der Waals surface area (Å²) in [4.78, 5) is 63.5. The Morgan fingerprint density at radius 1 is 1.14 bits per heavy atom. The molecule has 0 aliphatic heterocycles. The predicted octanol–water partition coefficient (Wildman–Crippen LogP) is -3.65. The van der Waals surface area contributed by atoms with Crippen LogP contribution in [0.1, 0.15) is 18.5 Å². The second-order valence-electron chi connectivity index (χ2n) is 5.85. The Labute approximate surface area is 159 Å². The van der Waals surface area contributed by atoms with Crippen molar-refractivity contribution in [1.82, 2.24) is 25.9 Å². The van der Waals surface area contributed by atoms with Gasteiger partial charge in [0.1, 0.15) is 6.04 Å². The Bertz CT molecular complexity index is 706.